The SMILES string of the molecule is Cc1nc(C(=O)N(CCN)CC2CC2)c(-c2cccc(F)c2)s1. The minimum Gasteiger partial charge on any atom is -0.336 e. The molecule has 1 fully saturated rings. The third kappa shape index (κ3) is 3.76. The van der Waals surface area contributed by atoms with Crippen LogP contribution in [0.15, 0.2) is 24.3 Å². The van der Waals surface area contributed by atoms with Gasteiger partial charge in [0.25, 0.3) is 5.91 Å². The molecule has 4 nitrogen and oxygen atoms in total. The quantitative estimate of drug-likeness (QED) is 0.884. The molecule has 0 radical (unpaired) electrons. The molecule has 1 heterocycles. The molecule has 0 spiro atoms. The smallest absolute Gasteiger partial charge is 0.274 e. The van der Waals surface area contributed by atoms with E-state index in [4.69, 9.17) is 5.73 Å². The number of aromatic nitrogens is 1. The Hall–Kier alpha value is -1.79. The summed E-state index contributed by atoms with van der Waals surface area (Å²) in [6, 6.07) is 6.29. The zero-order valence-electron chi connectivity index (χ0n) is 13.1. The van der Waals surface area contributed by atoms with E-state index in [-0.39, 0.29) is 11.7 Å². The van der Waals surface area contributed by atoms with Crippen molar-refractivity contribution in [2.45, 2.75) is 19.8 Å². The van der Waals surface area contributed by atoms with Crippen molar-refractivity contribution in [1.82, 2.24) is 9.88 Å². The van der Waals surface area contributed by atoms with Crippen LogP contribution in [0.4, 0.5) is 4.39 Å². The van der Waals surface area contributed by atoms with Crippen molar-refractivity contribution in [2.75, 3.05) is 19.6 Å². The molecule has 0 bridgehead atoms. The summed E-state index contributed by atoms with van der Waals surface area (Å²) in [6.45, 7) is 3.54. The second kappa shape index (κ2) is 6.76. The highest BCUT2D eigenvalue weighted by Crippen LogP contribution is 2.33. The molecule has 0 atom stereocenters. The Labute approximate surface area is 139 Å². The lowest BCUT2D eigenvalue weighted by Gasteiger charge is -2.21. The van der Waals surface area contributed by atoms with Crippen molar-refractivity contribution in [3.05, 3.63) is 40.8 Å². The van der Waals surface area contributed by atoms with Gasteiger partial charge in [-0.15, -0.1) is 11.3 Å². The summed E-state index contributed by atoms with van der Waals surface area (Å²) in [5, 5.41) is 0.798. The van der Waals surface area contributed by atoms with E-state index in [0.717, 1.165) is 16.4 Å². The Morgan fingerprint density at radius 2 is 2.26 bits per heavy atom. The van der Waals surface area contributed by atoms with Crippen LogP contribution in [0.25, 0.3) is 10.4 Å². The van der Waals surface area contributed by atoms with Crippen LogP contribution >= 0.6 is 11.3 Å². The first kappa shape index (κ1) is 16.1. The topological polar surface area (TPSA) is 59.2 Å². The number of carbonyl (C=O) groups excluding carboxylic acids is 1. The summed E-state index contributed by atoms with van der Waals surface area (Å²) >= 11 is 1.42. The predicted octanol–water partition coefficient (Wildman–Crippen LogP) is 3.07. The van der Waals surface area contributed by atoms with Crippen molar-refractivity contribution in [1.29, 1.82) is 0 Å². The normalized spacial score (nSPS) is 14.0. The summed E-state index contributed by atoms with van der Waals surface area (Å²) in [5.74, 6) is 0.164. The van der Waals surface area contributed by atoms with Gasteiger partial charge < -0.3 is 10.6 Å². The number of benzene rings is 1. The minimum atomic E-state index is -0.316. The van der Waals surface area contributed by atoms with E-state index in [1.807, 2.05) is 6.92 Å². The number of hydrogen-bond acceptors (Lipinski definition) is 4. The summed E-state index contributed by atoms with van der Waals surface area (Å²) in [6.07, 6.45) is 2.34. The van der Waals surface area contributed by atoms with Crippen LogP contribution in [-0.2, 0) is 0 Å². The molecule has 122 valence electrons. The van der Waals surface area contributed by atoms with Gasteiger partial charge in [-0.3, -0.25) is 4.79 Å². The highest BCUT2D eigenvalue weighted by atomic mass is 32.1. The number of amides is 1. The van der Waals surface area contributed by atoms with E-state index < -0.39 is 0 Å². The van der Waals surface area contributed by atoms with Gasteiger partial charge >= 0.3 is 0 Å². The first-order valence-electron chi connectivity index (χ1n) is 7.81. The monoisotopic (exact) mass is 333 g/mol. The van der Waals surface area contributed by atoms with E-state index in [0.29, 0.717) is 30.3 Å². The van der Waals surface area contributed by atoms with Crippen molar-refractivity contribution in [3.63, 3.8) is 0 Å². The van der Waals surface area contributed by atoms with E-state index in [1.54, 1.807) is 17.0 Å². The number of aryl methyl sites for hydroxylation is 1. The molecule has 1 saturated carbocycles. The maximum absolute atomic E-state index is 13.5. The van der Waals surface area contributed by atoms with Crippen molar-refractivity contribution in [3.8, 4) is 10.4 Å². The van der Waals surface area contributed by atoms with Gasteiger partial charge in [-0.25, -0.2) is 9.37 Å². The Balaban J connectivity index is 1.93. The fraction of sp³-hybridized carbons (Fsp3) is 0.412. The molecule has 1 amide bonds. The number of rotatable bonds is 6. The molecule has 1 aliphatic carbocycles. The van der Waals surface area contributed by atoms with Gasteiger partial charge in [0, 0.05) is 19.6 Å². The van der Waals surface area contributed by atoms with Crippen LogP contribution < -0.4 is 5.73 Å². The number of carbonyl (C=O) groups is 1. The van der Waals surface area contributed by atoms with Crippen LogP contribution in [0.2, 0.25) is 0 Å². The van der Waals surface area contributed by atoms with Crippen molar-refractivity contribution >= 4 is 17.2 Å². The summed E-state index contributed by atoms with van der Waals surface area (Å²) < 4.78 is 13.5. The molecule has 2 aromatic rings. The van der Waals surface area contributed by atoms with Crippen LogP contribution in [0.1, 0.15) is 28.3 Å². The third-order valence-corrected chi connectivity index (χ3v) is 4.91. The first-order valence-corrected chi connectivity index (χ1v) is 8.63. The fourth-order valence-corrected chi connectivity index (χ4v) is 3.50. The average molecular weight is 333 g/mol. The largest absolute Gasteiger partial charge is 0.336 e. The summed E-state index contributed by atoms with van der Waals surface area (Å²) in [4.78, 5) is 19.8. The van der Waals surface area contributed by atoms with E-state index in [9.17, 15) is 9.18 Å². The lowest BCUT2D eigenvalue weighted by molar-refractivity contribution is 0.0748. The molecule has 1 aromatic carbocycles. The molecule has 23 heavy (non-hydrogen) atoms. The Bertz CT molecular complexity index is 712. The molecular formula is C17H20FN3OS. The zero-order chi connectivity index (χ0) is 16.4. The molecule has 1 aliphatic rings. The average Bonchev–Trinajstić information content (AvgIpc) is 3.25. The van der Waals surface area contributed by atoms with Gasteiger partial charge in [-0.05, 0) is 43.4 Å². The number of hydrogen-bond donors (Lipinski definition) is 1. The van der Waals surface area contributed by atoms with Crippen LogP contribution in [0.5, 0.6) is 0 Å². The lowest BCUT2D eigenvalue weighted by atomic mass is 10.1. The molecule has 0 aliphatic heterocycles. The van der Waals surface area contributed by atoms with Gasteiger partial charge in [0.05, 0.1) is 9.88 Å². The number of nitrogens with zero attached hydrogens (tertiary/aromatic N) is 2. The van der Waals surface area contributed by atoms with Gasteiger partial charge in [-0.2, -0.15) is 0 Å². The Morgan fingerprint density at radius 3 is 2.91 bits per heavy atom. The lowest BCUT2D eigenvalue weighted by Crippen LogP contribution is -2.37. The molecular weight excluding hydrogens is 313 g/mol. The summed E-state index contributed by atoms with van der Waals surface area (Å²) in [5.41, 5.74) is 6.76. The van der Waals surface area contributed by atoms with Crippen molar-refractivity contribution in [2.24, 2.45) is 11.7 Å². The van der Waals surface area contributed by atoms with Crippen LogP contribution in [-0.4, -0.2) is 35.4 Å². The molecule has 3 rings (SSSR count). The van der Waals surface area contributed by atoms with E-state index >= 15 is 0 Å². The summed E-state index contributed by atoms with van der Waals surface area (Å²) in [7, 11) is 0. The highest BCUT2D eigenvalue weighted by Gasteiger charge is 2.29. The number of halogens is 1. The van der Waals surface area contributed by atoms with Gasteiger partial charge in [0.15, 0.2) is 0 Å². The number of thiazole rings is 1. The second-order valence-corrected chi connectivity index (χ2v) is 7.11. The highest BCUT2D eigenvalue weighted by molar-refractivity contribution is 7.15. The first-order chi connectivity index (χ1) is 11.1. The van der Waals surface area contributed by atoms with Gasteiger partial charge in [-0.1, -0.05) is 12.1 Å². The fourth-order valence-electron chi connectivity index (χ4n) is 2.59. The Morgan fingerprint density at radius 1 is 1.48 bits per heavy atom. The molecule has 2 N–H and O–H groups in total. The molecule has 0 unspecified atom stereocenters. The number of nitrogens with two attached hydrogens (primary N) is 1. The third-order valence-electron chi connectivity index (χ3n) is 3.89. The molecule has 6 heteroatoms. The maximum atomic E-state index is 13.5. The van der Waals surface area contributed by atoms with E-state index in [2.05, 4.69) is 4.98 Å². The van der Waals surface area contributed by atoms with Crippen molar-refractivity contribution < 1.29 is 9.18 Å². The second-order valence-electron chi connectivity index (χ2n) is 5.90. The van der Waals surface area contributed by atoms with E-state index in [1.165, 1.54) is 36.3 Å². The zero-order valence-corrected chi connectivity index (χ0v) is 13.9. The van der Waals surface area contributed by atoms with Gasteiger partial charge in [0.1, 0.15) is 11.5 Å². The van der Waals surface area contributed by atoms with Crippen LogP contribution in [0, 0.1) is 18.7 Å². The van der Waals surface area contributed by atoms with Crippen LogP contribution in [0.3, 0.4) is 0 Å². The predicted molar refractivity (Wildman–Crippen MR) is 89.9 cm³/mol. The molecule has 0 saturated heterocycles. The maximum Gasteiger partial charge on any atom is 0.274 e. The standard InChI is InChI=1S/C17H20FN3OS/c1-11-20-15(16(23-11)13-3-2-4-14(18)9-13)17(22)21(8-7-19)10-12-5-6-12/h2-4,9,12H,5-8,10,19H2,1H3. The molecule has 1 aromatic heterocycles. The Kier molecular flexibility index (Phi) is 4.73. The van der Waals surface area contributed by atoms with Gasteiger partial charge in [0.2, 0.25) is 0 Å². The minimum absolute atomic E-state index is 0.106.